The van der Waals surface area contributed by atoms with Crippen molar-refractivity contribution in [1.29, 1.82) is 0 Å². The Morgan fingerprint density at radius 2 is 2.12 bits per heavy atom. The highest BCUT2D eigenvalue weighted by Crippen LogP contribution is 2.36. The summed E-state index contributed by atoms with van der Waals surface area (Å²) in [4.78, 5) is 4.31. The predicted octanol–water partition coefficient (Wildman–Crippen LogP) is 3.52. The predicted molar refractivity (Wildman–Crippen MR) is 72.6 cm³/mol. The summed E-state index contributed by atoms with van der Waals surface area (Å²) in [7, 11) is 1.66. The first-order valence-corrected chi connectivity index (χ1v) is 6.38. The second kappa shape index (κ2) is 4.75. The number of ether oxygens (including phenoxy) is 1. The van der Waals surface area contributed by atoms with E-state index < -0.39 is 0 Å². The number of methoxy groups -OCH3 is 1. The minimum absolute atomic E-state index is 0.472. The van der Waals surface area contributed by atoms with Gasteiger partial charge in [0.15, 0.2) is 0 Å². The van der Waals surface area contributed by atoms with Gasteiger partial charge >= 0.3 is 0 Å². The fourth-order valence-corrected chi connectivity index (χ4v) is 2.27. The Kier molecular flexibility index (Phi) is 3.33. The molecule has 0 aliphatic heterocycles. The standard InChI is InChI=1S/C13H16N2OS/c1-8(2)9-4-5-11(16-3)10(6-9)12-13(14)17-7-15-12/h4-8H,14H2,1-3H3. The molecule has 0 atom stereocenters. The zero-order valence-corrected chi connectivity index (χ0v) is 11.0. The molecule has 0 saturated heterocycles. The van der Waals surface area contributed by atoms with Crippen molar-refractivity contribution in [3.8, 4) is 17.0 Å². The summed E-state index contributed by atoms with van der Waals surface area (Å²) in [6, 6.07) is 6.16. The normalized spacial score (nSPS) is 10.8. The van der Waals surface area contributed by atoms with Crippen LogP contribution in [0.2, 0.25) is 0 Å². The van der Waals surface area contributed by atoms with Crippen molar-refractivity contribution in [2.45, 2.75) is 19.8 Å². The minimum atomic E-state index is 0.472. The Balaban J connectivity index is 2.57. The second-order valence-corrected chi connectivity index (χ2v) is 5.07. The summed E-state index contributed by atoms with van der Waals surface area (Å²) in [5.74, 6) is 1.28. The summed E-state index contributed by atoms with van der Waals surface area (Å²) < 4.78 is 5.37. The minimum Gasteiger partial charge on any atom is -0.496 e. The molecule has 0 radical (unpaired) electrons. The van der Waals surface area contributed by atoms with E-state index in [1.807, 2.05) is 6.07 Å². The first kappa shape index (κ1) is 11.9. The molecular formula is C13H16N2OS. The fraction of sp³-hybridized carbons (Fsp3) is 0.308. The Morgan fingerprint density at radius 3 is 2.65 bits per heavy atom. The van der Waals surface area contributed by atoms with Crippen molar-refractivity contribution in [3.63, 3.8) is 0 Å². The molecule has 1 aromatic heterocycles. The van der Waals surface area contributed by atoms with Crippen LogP contribution in [0, 0.1) is 0 Å². The topological polar surface area (TPSA) is 48.1 Å². The van der Waals surface area contributed by atoms with Crippen molar-refractivity contribution >= 4 is 16.3 Å². The molecule has 3 nitrogen and oxygen atoms in total. The monoisotopic (exact) mass is 248 g/mol. The maximum absolute atomic E-state index is 5.92. The molecule has 0 bridgehead atoms. The Morgan fingerprint density at radius 1 is 1.35 bits per heavy atom. The van der Waals surface area contributed by atoms with E-state index in [-0.39, 0.29) is 0 Å². The Bertz CT molecular complexity index is 520. The average molecular weight is 248 g/mol. The molecule has 0 aliphatic rings. The number of hydrogen-bond acceptors (Lipinski definition) is 4. The van der Waals surface area contributed by atoms with E-state index in [1.54, 1.807) is 12.6 Å². The van der Waals surface area contributed by atoms with Gasteiger partial charge in [0.2, 0.25) is 0 Å². The lowest BCUT2D eigenvalue weighted by Gasteiger charge is -2.11. The highest BCUT2D eigenvalue weighted by Gasteiger charge is 2.13. The summed E-state index contributed by atoms with van der Waals surface area (Å²) in [5.41, 5.74) is 10.7. The lowest BCUT2D eigenvalue weighted by molar-refractivity contribution is 0.416. The van der Waals surface area contributed by atoms with Crippen LogP contribution < -0.4 is 10.5 Å². The lowest BCUT2D eigenvalue weighted by atomic mass is 9.99. The Hall–Kier alpha value is -1.55. The maximum atomic E-state index is 5.92. The third-order valence-electron chi connectivity index (χ3n) is 2.74. The largest absolute Gasteiger partial charge is 0.496 e. The molecule has 1 aromatic carbocycles. The van der Waals surface area contributed by atoms with Crippen LogP contribution in [0.5, 0.6) is 5.75 Å². The molecule has 0 aliphatic carbocycles. The summed E-state index contributed by atoms with van der Waals surface area (Å²) in [6.07, 6.45) is 0. The molecule has 2 N–H and O–H groups in total. The number of benzene rings is 1. The van der Waals surface area contributed by atoms with Crippen LogP contribution in [-0.4, -0.2) is 12.1 Å². The van der Waals surface area contributed by atoms with Crippen LogP contribution >= 0.6 is 11.3 Å². The van der Waals surface area contributed by atoms with Crippen LogP contribution in [0.25, 0.3) is 11.3 Å². The summed E-state index contributed by atoms with van der Waals surface area (Å²) in [5, 5.41) is 0.726. The third kappa shape index (κ3) is 2.26. The van der Waals surface area contributed by atoms with E-state index in [1.165, 1.54) is 16.9 Å². The smallest absolute Gasteiger partial charge is 0.128 e. The fourth-order valence-electron chi connectivity index (χ4n) is 1.73. The first-order chi connectivity index (χ1) is 8.13. The van der Waals surface area contributed by atoms with E-state index in [0.717, 1.165) is 22.0 Å². The van der Waals surface area contributed by atoms with Crippen LogP contribution in [0.3, 0.4) is 0 Å². The molecule has 17 heavy (non-hydrogen) atoms. The van der Waals surface area contributed by atoms with Gasteiger partial charge in [0.05, 0.1) is 12.6 Å². The SMILES string of the molecule is COc1ccc(C(C)C)cc1-c1ncsc1N. The van der Waals surface area contributed by atoms with Crippen molar-refractivity contribution in [2.75, 3.05) is 12.8 Å². The zero-order valence-electron chi connectivity index (χ0n) is 10.2. The van der Waals surface area contributed by atoms with E-state index in [0.29, 0.717) is 5.92 Å². The van der Waals surface area contributed by atoms with Crippen molar-refractivity contribution in [3.05, 3.63) is 29.3 Å². The number of rotatable bonds is 3. The molecule has 0 fully saturated rings. The molecule has 4 heteroatoms. The molecule has 2 aromatic rings. The maximum Gasteiger partial charge on any atom is 0.128 e. The molecule has 2 rings (SSSR count). The first-order valence-electron chi connectivity index (χ1n) is 5.50. The van der Waals surface area contributed by atoms with Crippen molar-refractivity contribution < 1.29 is 4.74 Å². The quantitative estimate of drug-likeness (QED) is 0.904. The number of hydrogen-bond donors (Lipinski definition) is 1. The summed E-state index contributed by atoms with van der Waals surface area (Å²) in [6.45, 7) is 4.33. The number of nitrogens with zero attached hydrogens (tertiary/aromatic N) is 1. The molecule has 0 spiro atoms. The van der Waals surface area contributed by atoms with E-state index in [2.05, 4.69) is 31.0 Å². The van der Waals surface area contributed by atoms with Gasteiger partial charge in [0, 0.05) is 5.56 Å². The number of thiazole rings is 1. The number of anilines is 1. The van der Waals surface area contributed by atoms with Crippen molar-refractivity contribution in [1.82, 2.24) is 4.98 Å². The molecule has 0 unspecified atom stereocenters. The number of nitrogen functional groups attached to an aromatic ring is 1. The molecule has 0 amide bonds. The van der Waals surface area contributed by atoms with Gasteiger partial charge in [0.25, 0.3) is 0 Å². The van der Waals surface area contributed by atoms with Gasteiger partial charge in [-0.3, -0.25) is 0 Å². The highest BCUT2D eigenvalue weighted by atomic mass is 32.1. The van der Waals surface area contributed by atoms with Gasteiger partial charge in [-0.2, -0.15) is 0 Å². The van der Waals surface area contributed by atoms with Crippen molar-refractivity contribution in [2.24, 2.45) is 0 Å². The number of aromatic nitrogens is 1. The molecule has 0 saturated carbocycles. The molecular weight excluding hydrogens is 232 g/mol. The molecule has 90 valence electrons. The highest BCUT2D eigenvalue weighted by molar-refractivity contribution is 7.14. The van der Waals surface area contributed by atoms with Gasteiger partial charge in [-0.15, -0.1) is 11.3 Å². The summed E-state index contributed by atoms with van der Waals surface area (Å²) >= 11 is 1.44. The van der Waals surface area contributed by atoms with Crippen LogP contribution in [0.1, 0.15) is 25.3 Å². The van der Waals surface area contributed by atoms with Gasteiger partial charge in [-0.25, -0.2) is 4.98 Å². The lowest BCUT2D eigenvalue weighted by Crippen LogP contribution is -1.94. The number of nitrogens with two attached hydrogens (primary N) is 1. The van der Waals surface area contributed by atoms with E-state index >= 15 is 0 Å². The van der Waals surface area contributed by atoms with Crippen LogP contribution in [-0.2, 0) is 0 Å². The van der Waals surface area contributed by atoms with Crippen LogP contribution in [0.4, 0.5) is 5.00 Å². The molecule has 1 heterocycles. The van der Waals surface area contributed by atoms with E-state index in [9.17, 15) is 0 Å². The van der Waals surface area contributed by atoms with Gasteiger partial charge in [0.1, 0.15) is 16.4 Å². The van der Waals surface area contributed by atoms with Crippen LogP contribution in [0.15, 0.2) is 23.7 Å². The van der Waals surface area contributed by atoms with E-state index in [4.69, 9.17) is 10.5 Å². The zero-order chi connectivity index (χ0) is 12.4. The van der Waals surface area contributed by atoms with Gasteiger partial charge in [-0.1, -0.05) is 19.9 Å². The van der Waals surface area contributed by atoms with Gasteiger partial charge < -0.3 is 10.5 Å². The average Bonchev–Trinajstić information content (AvgIpc) is 2.74. The Labute approximate surface area is 105 Å². The second-order valence-electron chi connectivity index (χ2n) is 4.18. The van der Waals surface area contributed by atoms with Gasteiger partial charge in [-0.05, 0) is 23.6 Å². The third-order valence-corrected chi connectivity index (χ3v) is 3.40.